The van der Waals surface area contributed by atoms with Crippen molar-refractivity contribution in [3.05, 3.63) is 29.8 Å². The van der Waals surface area contributed by atoms with Crippen LogP contribution < -0.4 is 10.6 Å². The molecule has 2 heteroatoms. The molecule has 0 aliphatic carbocycles. The summed E-state index contributed by atoms with van der Waals surface area (Å²) < 4.78 is 0. The lowest BCUT2D eigenvalue weighted by Gasteiger charge is -2.29. The maximum Gasteiger partial charge on any atom is 0.0368 e. The Hall–Kier alpha value is -1.02. The van der Waals surface area contributed by atoms with Gasteiger partial charge >= 0.3 is 0 Å². The molecular formula is C15H24N2. The van der Waals surface area contributed by atoms with Crippen molar-refractivity contribution in [3.63, 3.8) is 0 Å². The van der Waals surface area contributed by atoms with E-state index in [0.29, 0.717) is 6.04 Å². The van der Waals surface area contributed by atoms with E-state index in [1.165, 1.54) is 43.5 Å². The van der Waals surface area contributed by atoms with Crippen LogP contribution in [0.2, 0.25) is 0 Å². The van der Waals surface area contributed by atoms with Gasteiger partial charge in [-0.25, -0.2) is 0 Å². The summed E-state index contributed by atoms with van der Waals surface area (Å²) in [6.07, 6.45) is 6.39. The van der Waals surface area contributed by atoms with Gasteiger partial charge in [0.1, 0.15) is 0 Å². The van der Waals surface area contributed by atoms with Crippen LogP contribution in [0, 0.1) is 0 Å². The zero-order valence-electron chi connectivity index (χ0n) is 10.9. The van der Waals surface area contributed by atoms with E-state index in [1.807, 2.05) is 0 Å². The van der Waals surface area contributed by atoms with Crippen molar-refractivity contribution in [1.29, 1.82) is 0 Å². The molecule has 1 aromatic carbocycles. The number of hydrogen-bond acceptors (Lipinski definition) is 2. The Balaban J connectivity index is 2.09. The van der Waals surface area contributed by atoms with Crippen molar-refractivity contribution in [2.45, 2.75) is 45.1 Å². The first-order valence-corrected chi connectivity index (χ1v) is 6.87. The lowest BCUT2D eigenvalue weighted by Crippen LogP contribution is -2.32. The van der Waals surface area contributed by atoms with Gasteiger partial charge in [-0.15, -0.1) is 0 Å². The fourth-order valence-corrected chi connectivity index (χ4v) is 2.68. The first kappa shape index (κ1) is 12.4. The molecule has 0 bridgehead atoms. The van der Waals surface area contributed by atoms with E-state index >= 15 is 0 Å². The molecule has 1 fully saturated rings. The van der Waals surface area contributed by atoms with Gasteiger partial charge in [-0.3, -0.25) is 0 Å². The Labute approximate surface area is 105 Å². The molecule has 2 rings (SSSR count). The highest BCUT2D eigenvalue weighted by molar-refractivity contribution is 5.48. The topological polar surface area (TPSA) is 29.3 Å². The molecule has 2 nitrogen and oxygen atoms in total. The fourth-order valence-electron chi connectivity index (χ4n) is 2.68. The highest BCUT2D eigenvalue weighted by Gasteiger charge is 2.16. The van der Waals surface area contributed by atoms with E-state index in [-0.39, 0.29) is 0 Å². The van der Waals surface area contributed by atoms with Crippen LogP contribution in [0.1, 0.15) is 38.2 Å². The lowest BCUT2D eigenvalue weighted by atomic mass is 10.1. The van der Waals surface area contributed by atoms with E-state index in [1.54, 1.807) is 0 Å². The van der Waals surface area contributed by atoms with Crippen molar-refractivity contribution >= 4 is 5.69 Å². The molecule has 94 valence electrons. The van der Waals surface area contributed by atoms with Crippen LogP contribution in [0.3, 0.4) is 0 Å². The average Bonchev–Trinajstić information content (AvgIpc) is 2.56. The van der Waals surface area contributed by atoms with E-state index in [2.05, 4.69) is 36.1 Å². The molecule has 1 aliphatic heterocycles. The van der Waals surface area contributed by atoms with Gasteiger partial charge in [0.05, 0.1) is 0 Å². The molecule has 0 saturated carbocycles. The minimum absolute atomic E-state index is 0.679. The van der Waals surface area contributed by atoms with Crippen LogP contribution >= 0.6 is 0 Å². The van der Waals surface area contributed by atoms with E-state index < -0.39 is 0 Å². The summed E-state index contributed by atoms with van der Waals surface area (Å²) in [6, 6.07) is 9.64. The SMILES string of the molecule is CC1CCCCCN1c1ccc(CCN)cc1. The highest BCUT2D eigenvalue weighted by atomic mass is 15.2. The van der Waals surface area contributed by atoms with Gasteiger partial charge in [0.25, 0.3) is 0 Å². The van der Waals surface area contributed by atoms with Gasteiger partial charge in [-0.1, -0.05) is 25.0 Å². The second kappa shape index (κ2) is 6.06. The van der Waals surface area contributed by atoms with Gasteiger partial charge in [-0.2, -0.15) is 0 Å². The molecule has 0 radical (unpaired) electrons. The zero-order chi connectivity index (χ0) is 12.1. The number of nitrogens with two attached hydrogens (primary N) is 1. The van der Waals surface area contributed by atoms with E-state index in [4.69, 9.17) is 5.73 Å². The predicted molar refractivity (Wildman–Crippen MR) is 74.5 cm³/mol. The first-order valence-electron chi connectivity index (χ1n) is 6.87. The average molecular weight is 232 g/mol. The maximum atomic E-state index is 5.57. The Bertz CT molecular complexity index is 331. The quantitative estimate of drug-likeness (QED) is 0.868. The lowest BCUT2D eigenvalue weighted by molar-refractivity contribution is 0.616. The zero-order valence-corrected chi connectivity index (χ0v) is 10.9. The fraction of sp³-hybridized carbons (Fsp3) is 0.600. The van der Waals surface area contributed by atoms with Gasteiger partial charge in [0.15, 0.2) is 0 Å². The highest BCUT2D eigenvalue weighted by Crippen LogP contribution is 2.24. The standard InChI is InChI=1S/C15H24N2/c1-13-5-3-2-4-12-17(13)15-8-6-14(7-9-15)10-11-16/h6-9,13H,2-5,10-12,16H2,1H3. The maximum absolute atomic E-state index is 5.57. The molecule has 1 unspecified atom stereocenters. The first-order chi connectivity index (χ1) is 8.31. The van der Waals surface area contributed by atoms with Crippen LogP contribution in [-0.2, 0) is 6.42 Å². The molecule has 1 atom stereocenters. The van der Waals surface area contributed by atoms with Crippen LogP contribution in [0.25, 0.3) is 0 Å². The molecule has 1 aliphatic rings. The molecule has 17 heavy (non-hydrogen) atoms. The summed E-state index contributed by atoms with van der Waals surface area (Å²) in [5.74, 6) is 0. The second-order valence-electron chi connectivity index (χ2n) is 5.10. The molecule has 1 heterocycles. The summed E-state index contributed by atoms with van der Waals surface area (Å²) in [7, 11) is 0. The smallest absolute Gasteiger partial charge is 0.0368 e. The summed E-state index contributed by atoms with van der Waals surface area (Å²) in [5.41, 5.74) is 8.29. The third-order valence-corrected chi connectivity index (χ3v) is 3.75. The predicted octanol–water partition coefficient (Wildman–Crippen LogP) is 2.96. The van der Waals surface area contributed by atoms with Gasteiger partial charge in [0.2, 0.25) is 0 Å². The van der Waals surface area contributed by atoms with E-state index in [0.717, 1.165) is 13.0 Å². The minimum atomic E-state index is 0.679. The van der Waals surface area contributed by atoms with Gasteiger partial charge in [0, 0.05) is 18.3 Å². The summed E-state index contributed by atoms with van der Waals surface area (Å²) >= 11 is 0. The molecular weight excluding hydrogens is 208 g/mol. The number of rotatable bonds is 3. The van der Waals surface area contributed by atoms with Crippen molar-refractivity contribution in [2.24, 2.45) is 5.73 Å². The third kappa shape index (κ3) is 3.22. The second-order valence-corrected chi connectivity index (χ2v) is 5.10. The minimum Gasteiger partial charge on any atom is -0.369 e. The van der Waals surface area contributed by atoms with Gasteiger partial charge in [-0.05, 0) is 50.4 Å². The Morgan fingerprint density at radius 2 is 1.94 bits per heavy atom. The summed E-state index contributed by atoms with van der Waals surface area (Å²) in [6.45, 7) is 4.29. The Morgan fingerprint density at radius 1 is 1.18 bits per heavy atom. The monoisotopic (exact) mass is 232 g/mol. The summed E-state index contributed by atoms with van der Waals surface area (Å²) in [5, 5.41) is 0. The number of anilines is 1. The van der Waals surface area contributed by atoms with Crippen molar-refractivity contribution in [2.75, 3.05) is 18.0 Å². The molecule has 0 amide bonds. The molecule has 1 aromatic rings. The number of benzene rings is 1. The normalized spacial score (nSPS) is 21.3. The van der Waals surface area contributed by atoms with Gasteiger partial charge < -0.3 is 10.6 Å². The van der Waals surface area contributed by atoms with Crippen LogP contribution in [-0.4, -0.2) is 19.1 Å². The summed E-state index contributed by atoms with van der Waals surface area (Å²) in [4.78, 5) is 2.55. The van der Waals surface area contributed by atoms with Crippen LogP contribution in [0.4, 0.5) is 5.69 Å². The largest absolute Gasteiger partial charge is 0.369 e. The van der Waals surface area contributed by atoms with E-state index in [9.17, 15) is 0 Å². The van der Waals surface area contributed by atoms with Crippen LogP contribution in [0.15, 0.2) is 24.3 Å². The van der Waals surface area contributed by atoms with Crippen molar-refractivity contribution < 1.29 is 0 Å². The Morgan fingerprint density at radius 3 is 2.65 bits per heavy atom. The van der Waals surface area contributed by atoms with Crippen molar-refractivity contribution in [1.82, 2.24) is 0 Å². The Kier molecular flexibility index (Phi) is 4.43. The molecule has 2 N–H and O–H groups in total. The van der Waals surface area contributed by atoms with Crippen LogP contribution in [0.5, 0.6) is 0 Å². The number of nitrogens with zero attached hydrogens (tertiary/aromatic N) is 1. The molecule has 0 aromatic heterocycles. The third-order valence-electron chi connectivity index (χ3n) is 3.75. The molecule has 0 spiro atoms. The number of hydrogen-bond donors (Lipinski definition) is 1. The van der Waals surface area contributed by atoms with Crippen molar-refractivity contribution in [3.8, 4) is 0 Å². The molecule has 1 saturated heterocycles.